The number of thiazole rings is 1. The number of pyridine rings is 1. The zero-order valence-corrected chi connectivity index (χ0v) is 17.6. The van der Waals surface area contributed by atoms with Gasteiger partial charge < -0.3 is 0 Å². The molecule has 5 rings (SSSR count). The van der Waals surface area contributed by atoms with E-state index in [1.54, 1.807) is 17.5 Å². The number of nitrogens with zero attached hydrogens (tertiary/aromatic N) is 4. The highest BCUT2D eigenvalue weighted by Gasteiger charge is 2.15. The number of hydrogen-bond acceptors (Lipinski definition) is 4. The molecular weight excluding hydrogens is 388 g/mol. The normalized spacial score (nSPS) is 15.9. The number of aromatic nitrogens is 2. The van der Waals surface area contributed by atoms with Gasteiger partial charge in [0.15, 0.2) is 0 Å². The summed E-state index contributed by atoms with van der Waals surface area (Å²) in [6.45, 7) is 0. The number of fused-ring (bicyclic) bond motifs is 1. The molecule has 1 saturated carbocycles. The topological polar surface area (TPSA) is 42.5 Å². The first kappa shape index (κ1) is 18.9. The van der Waals surface area contributed by atoms with E-state index in [0.29, 0.717) is 6.04 Å². The van der Waals surface area contributed by atoms with Gasteiger partial charge in [0, 0.05) is 17.1 Å². The Morgan fingerprint density at radius 2 is 1.77 bits per heavy atom. The van der Waals surface area contributed by atoms with Crippen LogP contribution in [-0.4, -0.2) is 21.9 Å². The second-order valence-electron chi connectivity index (χ2n) is 7.66. The molecule has 1 fully saturated rings. The molecule has 4 aromatic rings. The van der Waals surface area contributed by atoms with E-state index in [1.807, 2.05) is 29.1 Å². The third kappa shape index (κ3) is 3.98. The van der Waals surface area contributed by atoms with Crippen molar-refractivity contribution in [1.82, 2.24) is 9.66 Å². The summed E-state index contributed by atoms with van der Waals surface area (Å²) in [6.07, 6.45) is 9.83. The van der Waals surface area contributed by atoms with Crippen molar-refractivity contribution in [3.8, 4) is 11.3 Å². The van der Waals surface area contributed by atoms with Gasteiger partial charge in [-0.25, -0.2) is 4.68 Å². The fourth-order valence-electron chi connectivity index (χ4n) is 4.07. The van der Waals surface area contributed by atoms with Gasteiger partial charge in [-0.1, -0.05) is 67.8 Å². The minimum Gasteiger partial charge on any atom is -0.255 e. The Hall–Kier alpha value is -3.05. The van der Waals surface area contributed by atoms with Crippen molar-refractivity contribution in [2.24, 2.45) is 10.1 Å². The lowest BCUT2D eigenvalue weighted by Crippen LogP contribution is -2.19. The van der Waals surface area contributed by atoms with Crippen LogP contribution in [0.5, 0.6) is 0 Å². The lowest BCUT2D eigenvalue weighted by Gasteiger charge is -2.16. The molecule has 1 aliphatic rings. The van der Waals surface area contributed by atoms with Gasteiger partial charge in [-0.05, 0) is 35.7 Å². The van der Waals surface area contributed by atoms with E-state index < -0.39 is 0 Å². The zero-order valence-electron chi connectivity index (χ0n) is 16.8. The fraction of sp³-hybridized carbons (Fsp3) is 0.240. The minimum atomic E-state index is 0.397. The molecule has 150 valence electrons. The molecule has 0 aliphatic heterocycles. The highest BCUT2D eigenvalue weighted by atomic mass is 32.1. The first-order valence-electron chi connectivity index (χ1n) is 10.6. The number of hydrogen-bond donors (Lipinski definition) is 0. The molecule has 1 aliphatic carbocycles. The van der Waals surface area contributed by atoms with Gasteiger partial charge in [0.25, 0.3) is 0 Å². The Morgan fingerprint density at radius 3 is 2.63 bits per heavy atom. The van der Waals surface area contributed by atoms with Crippen LogP contribution in [0.25, 0.3) is 22.0 Å². The molecular formula is C25H24N4S. The predicted molar refractivity (Wildman–Crippen MR) is 125 cm³/mol. The molecule has 0 radical (unpaired) electrons. The van der Waals surface area contributed by atoms with E-state index in [4.69, 9.17) is 10.1 Å². The van der Waals surface area contributed by atoms with Crippen LogP contribution in [0.4, 0.5) is 0 Å². The minimum absolute atomic E-state index is 0.397. The Balaban J connectivity index is 1.65. The first-order chi connectivity index (χ1) is 14.9. The van der Waals surface area contributed by atoms with Gasteiger partial charge >= 0.3 is 0 Å². The highest BCUT2D eigenvalue weighted by Crippen LogP contribution is 2.29. The van der Waals surface area contributed by atoms with Gasteiger partial charge in [-0.2, -0.15) is 5.10 Å². The van der Waals surface area contributed by atoms with Crippen molar-refractivity contribution in [3.63, 3.8) is 0 Å². The monoisotopic (exact) mass is 412 g/mol. The summed E-state index contributed by atoms with van der Waals surface area (Å²) in [6, 6.07) is 21.2. The largest absolute Gasteiger partial charge is 0.255 e. The molecule has 30 heavy (non-hydrogen) atoms. The maximum absolute atomic E-state index is 5.10. The van der Waals surface area contributed by atoms with Crippen LogP contribution in [0.2, 0.25) is 0 Å². The number of rotatable bonds is 4. The Labute approximate surface area is 180 Å². The van der Waals surface area contributed by atoms with E-state index >= 15 is 0 Å². The maximum Gasteiger partial charge on any atom is 0.206 e. The molecule has 0 saturated heterocycles. The SMILES string of the molecule is C(=Nn1c(-c2cccc3ccccc23)csc1=NC1CCCCC1)c1ccccn1. The van der Waals surface area contributed by atoms with Crippen molar-refractivity contribution in [1.29, 1.82) is 0 Å². The molecule has 0 bridgehead atoms. The molecule has 4 nitrogen and oxygen atoms in total. The average Bonchev–Trinajstić information content (AvgIpc) is 3.20. The van der Waals surface area contributed by atoms with Crippen LogP contribution >= 0.6 is 11.3 Å². The van der Waals surface area contributed by atoms with Gasteiger partial charge in [0.1, 0.15) is 0 Å². The summed E-state index contributed by atoms with van der Waals surface area (Å²) in [4.78, 5) is 10.4. The van der Waals surface area contributed by atoms with Crippen molar-refractivity contribution in [2.45, 2.75) is 38.1 Å². The third-order valence-corrected chi connectivity index (χ3v) is 6.44. The summed E-state index contributed by atoms with van der Waals surface area (Å²) in [5, 5.41) is 9.47. The molecule has 0 amide bonds. The maximum atomic E-state index is 5.10. The van der Waals surface area contributed by atoms with E-state index in [1.165, 1.54) is 48.4 Å². The van der Waals surface area contributed by atoms with E-state index in [9.17, 15) is 0 Å². The van der Waals surface area contributed by atoms with E-state index in [2.05, 4.69) is 52.8 Å². The molecule has 2 aromatic carbocycles. The van der Waals surface area contributed by atoms with Gasteiger partial charge in [-0.3, -0.25) is 9.98 Å². The Bertz CT molecular complexity index is 1230. The zero-order chi connectivity index (χ0) is 20.2. The molecule has 2 heterocycles. The van der Waals surface area contributed by atoms with Gasteiger partial charge in [0.05, 0.1) is 23.6 Å². The molecule has 2 aromatic heterocycles. The second kappa shape index (κ2) is 8.76. The van der Waals surface area contributed by atoms with E-state index in [0.717, 1.165) is 16.2 Å². The third-order valence-electron chi connectivity index (χ3n) is 5.61. The van der Waals surface area contributed by atoms with E-state index in [-0.39, 0.29) is 0 Å². The molecule has 0 N–H and O–H groups in total. The van der Waals surface area contributed by atoms with Crippen LogP contribution in [0.1, 0.15) is 37.8 Å². The lowest BCUT2D eigenvalue weighted by molar-refractivity contribution is 0.435. The fourth-order valence-corrected chi connectivity index (χ4v) is 4.97. The van der Waals surface area contributed by atoms with Crippen LogP contribution in [0.3, 0.4) is 0 Å². The quantitative estimate of drug-likeness (QED) is 0.386. The van der Waals surface area contributed by atoms with Crippen LogP contribution in [0.15, 0.2) is 82.3 Å². The average molecular weight is 413 g/mol. The second-order valence-corrected chi connectivity index (χ2v) is 8.50. The summed E-state index contributed by atoms with van der Waals surface area (Å²) in [7, 11) is 0. The Morgan fingerprint density at radius 1 is 0.933 bits per heavy atom. The van der Waals surface area contributed by atoms with Crippen molar-refractivity contribution in [2.75, 3.05) is 0 Å². The van der Waals surface area contributed by atoms with Crippen molar-refractivity contribution < 1.29 is 0 Å². The van der Waals surface area contributed by atoms with Crippen LogP contribution < -0.4 is 4.80 Å². The molecule has 0 unspecified atom stereocenters. The Kier molecular flexibility index (Phi) is 5.53. The lowest BCUT2D eigenvalue weighted by atomic mass is 9.96. The van der Waals surface area contributed by atoms with Crippen LogP contribution in [-0.2, 0) is 0 Å². The number of benzene rings is 2. The first-order valence-corrected chi connectivity index (χ1v) is 11.4. The smallest absolute Gasteiger partial charge is 0.206 e. The predicted octanol–water partition coefficient (Wildman–Crippen LogP) is 5.88. The van der Waals surface area contributed by atoms with Gasteiger partial charge in [0.2, 0.25) is 4.80 Å². The molecule has 0 spiro atoms. The van der Waals surface area contributed by atoms with Crippen molar-refractivity contribution in [3.05, 3.63) is 82.7 Å². The summed E-state index contributed by atoms with van der Waals surface area (Å²) < 4.78 is 2.00. The standard InChI is InChI=1S/C25H24N4S/c1-2-11-20(12-3-1)28-25-29(27-17-21-13-6-7-16-26-21)24(18-30-25)23-15-8-10-19-9-4-5-14-22(19)23/h4-10,13-18,20H,1-3,11-12H2. The van der Waals surface area contributed by atoms with Gasteiger partial charge in [-0.15, -0.1) is 11.3 Å². The summed E-state index contributed by atoms with van der Waals surface area (Å²) in [5.74, 6) is 0. The molecule has 0 atom stereocenters. The van der Waals surface area contributed by atoms with Crippen molar-refractivity contribution >= 4 is 28.3 Å². The van der Waals surface area contributed by atoms with Crippen LogP contribution in [0, 0.1) is 0 Å². The highest BCUT2D eigenvalue weighted by molar-refractivity contribution is 7.07. The molecule has 5 heteroatoms. The summed E-state index contributed by atoms with van der Waals surface area (Å²) >= 11 is 1.67. The summed E-state index contributed by atoms with van der Waals surface area (Å²) in [5.41, 5.74) is 3.08.